The normalized spacial score (nSPS) is 11.6. The number of allylic oxidation sites excluding steroid dienone is 4. The zero-order valence-corrected chi connectivity index (χ0v) is 14.1. The molecule has 0 rings (SSSR count). The summed E-state index contributed by atoms with van der Waals surface area (Å²) < 4.78 is 1.32. The Bertz CT molecular complexity index is 222. The maximum absolute atomic E-state index is 2.47. The molecule has 0 saturated heterocycles. The van der Waals surface area contributed by atoms with Gasteiger partial charge < -0.3 is 0 Å². The second kappa shape index (κ2) is 12.7. The molecular weight excluding hydrogens is 319 g/mol. The second-order valence-corrected chi connectivity index (χ2v) is 6.19. The quantitative estimate of drug-likeness (QED) is 0.184. The van der Waals surface area contributed by atoms with Gasteiger partial charge in [-0.05, 0) is 57.3 Å². The highest BCUT2D eigenvalue weighted by atomic mass is 127. The predicted molar refractivity (Wildman–Crippen MR) is 89.0 cm³/mol. The third-order valence-corrected chi connectivity index (χ3v) is 3.68. The van der Waals surface area contributed by atoms with Crippen LogP contribution in [-0.4, -0.2) is 4.43 Å². The Balaban J connectivity index is 3.40. The van der Waals surface area contributed by atoms with Gasteiger partial charge in [-0.3, -0.25) is 0 Å². The third-order valence-electron chi connectivity index (χ3n) is 2.92. The summed E-state index contributed by atoms with van der Waals surface area (Å²) in [5.41, 5.74) is 3.00. The summed E-state index contributed by atoms with van der Waals surface area (Å²) in [5.74, 6) is 0. The Morgan fingerprint density at radius 3 is 2.12 bits per heavy atom. The number of hydrogen-bond acceptors (Lipinski definition) is 0. The fourth-order valence-corrected chi connectivity index (χ4v) is 2.35. The van der Waals surface area contributed by atoms with Gasteiger partial charge in [0.1, 0.15) is 0 Å². The lowest BCUT2D eigenvalue weighted by molar-refractivity contribution is 0.640. The Labute approximate surface area is 122 Å². The maximum Gasteiger partial charge on any atom is -0.000473 e. The molecule has 0 aromatic carbocycles. The van der Waals surface area contributed by atoms with E-state index in [-0.39, 0.29) is 0 Å². The van der Waals surface area contributed by atoms with Crippen molar-refractivity contribution in [1.82, 2.24) is 0 Å². The lowest BCUT2D eigenvalue weighted by Crippen LogP contribution is -1.81. The Morgan fingerprint density at radius 1 is 0.824 bits per heavy atom. The number of hydrogen-bond donors (Lipinski definition) is 0. The van der Waals surface area contributed by atoms with Gasteiger partial charge in [-0.1, -0.05) is 65.2 Å². The number of alkyl halides is 1. The first-order valence-corrected chi connectivity index (χ1v) is 8.54. The van der Waals surface area contributed by atoms with E-state index < -0.39 is 0 Å². The van der Waals surface area contributed by atoms with E-state index in [0.717, 1.165) is 0 Å². The van der Waals surface area contributed by atoms with Crippen LogP contribution in [0.15, 0.2) is 23.3 Å². The zero-order chi connectivity index (χ0) is 12.9. The van der Waals surface area contributed by atoms with Gasteiger partial charge in [0, 0.05) is 0 Å². The van der Waals surface area contributed by atoms with E-state index >= 15 is 0 Å². The number of unbranched alkanes of at least 4 members (excludes halogenated alkanes) is 5. The van der Waals surface area contributed by atoms with Crippen LogP contribution in [-0.2, 0) is 0 Å². The van der Waals surface area contributed by atoms with Gasteiger partial charge in [0.2, 0.25) is 0 Å². The molecule has 0 aliphatic carbocycles. The van der Waals surface area contributed by atoms with Crippen LogP contribution in [0.5, 0.6) is 0 Å². The highest BCUT2D eigenvalue weighted by molar-refractivity contribution is 14.1. The van der Waals surface area contributed by atoms with Crippen molar-refractivity contribution in [2.24, 2.45) is 0 Å². The van der Waals surface area contributed by atoms with Crippen molar-refractivity contribution < 1.29 is 0 Å². The highest BCUT2D eigenvalue weighted by Gasteiger charge is 1.91. The summed E-state index contributed by atoms with van der Waals surface area (Å²) in [6.45, 7) is 6.62. The minimum absolute atomic E-state index is 1.21. The molecule has 0 aliphatic rings. The monoisotopic (exact) mass is 348 g/mol. The molecule has 0 spiro atoms. The van der Waals surface area contributed by atoms with Crippen molar-refractivity contribution in [2.75, 3.05) is 4.43 Å². The third kappa shape index (κ3) is 14.1. The second-order valence-electron chi connectivity index (χ2n) is 5.12. The first-order chi connectivity index (χ1) is 8.16. The lowest BCUT2D eigenvalue weighted by Gasteiger charge is -2.00. The molecule has 0 bridgehead atoms. The average molecular weight is 348 g/mol. The lowest BCUT2D eigenvalue weighted by atomic mass is 10.1. The van der Waals surface area contributed by atoms with E-state index in [2.05, 4.69) is 55.5 Å². The zero-order valence-electron chi connectivity index (χ0n) is 11.9. The summed E-state index contributed by atoms with van der Waals surface area (Å²) >= 11 is 2.47. The molecule has 0 radical (unpaired) electrons. The molecule has 0 aliphatic heterocycles. The molecule has 1 heteroatoms. The molecule has 0 N–H and O–H groups in total. The minimum atomic E-state index is 1.21. The number of rotatable bonds is 10. The van der Waals surface area contributed by atoms with Crippen LogP contribution in [0.1, 0.15) is 72.1 Å². The molecule has 0 nitrogen and oxygen atoms in total. The SMILES string of the molecule is CC(C)=CCC/C(C)=C/CCCCCCCI. The molecule has 0 fully saturated rings. The van der Waals surface area contributed by atoms with Gasteiger partial charge >= 0.3 is 0 Å². The summed E-state index contributed by atoms with van der Waals surface area (Å²) in [7, 11) is 0. The van der Waals surface area contributed by atoms with Crippen LogP contribution >= 0.6 is 22.6 Å². The van der Waals surface area contributed by atoms with Crippen LogP contribution in [0, 0.1) is 0 Å². The van der Waals surface area contributed by atoms with Crippen LogP contribution in [0.25, 0.3) is 0 Å². The summed E-state index contributed by atoms with van der Waals surface area (Å²) in [4.78, 5) is 0. The van der Waals surface area contributed by atoms with Gasteiger partial charge in [-0.25, -0.2) is 0 Å². The standard InChI is InChI=1S/C16H29I/c1-15(2)11-10-13-16(3)12-8-6-4-5-7-9-14-17/h11-12H,4-10,13-14H2,1-3H3/b16-12+. The van der Waals surface area contributed by atoms with Crippen LogP contribution < -0.4 is 0 Å². The molecule has 0 saturated carbocycles. The minimum Gasteiger partial charge on any atom is -0.0864 e. The van der Waals surface area contributed by atoms with E-state index in [1.807, 2.05) is 0 Å². The first-order valence-electron chi connectivity index (χ1n) is 7.01. The molecule has 0 aromatic rings. The van der Waals surface area contributed by atoms with Crippen molar-refractivity contribution in [3.05, 3.63) is 23.3 Å². The molecule has 0 unspecified atom stereocenters. The average Bonchev–Trinajstić information content (AvgIpc) is 2.27. The van der Waals surface area contributed by atoms with Crippen molar-refractivity contribution in [1.29, 1.82) is 0 Å². The largest absolute Gasteiger partial charge is 0.0864 e. The smallest absolute Gasteiger partial charge is 0.000473 e. The van der Waals surface area contributed by atoms with E-state index in [9.17, 15) is 0 Å². The molecule has 17 heavy (non-hydrogen) atoms. The van der Waals surface area contributed by atoms with Crippen molar-refractivity contribution in [3.8, 4) is 0 Å². The number of halogens is 1. The van der Waals surface area contributed by atoms with Gasteiger partial charge in [-0.2, -0.15) is 0 Å². The van der Waals surface area contributed by atoms with Crippen molar-refractivity contribution in [2.45, 2.75) is 72.1 Å². The summed E-state index contributed by atoms with van der Waals surface area (Å²) in [6.07, 6.45) is 15.5. The van der Waals surface area contributed by atoms with Gasteiger partial charge in [0.05, 0.1) is 0 Å². The van der Waals surface area contributed by atoms with Crippen LogP contribution in [0.4, 0.5) is 0 Å². The Hall–Kier alpha value is 0.210. The molecule has 100 valence electrons. The summed E-state index contributed by atoms with van der Waals surface area (Å²) in [5, 5.41) is 0. The van der Waals surface area contributed by atoms with E-state index in [1.165, 1.54) is 61.4 Å². The molecule has 0 amide bonds. The van der Waals surface area contributed by atoms with Crippen molar-refractivity contribution in [3.63, 3.8) is 0 Å². The van der Waals surface area contributed by atoms with E-state index in [4.69, 9.17) is 0 Å². The maximum atomic E-state index is 2.47. The molecular formula is C16H29I. The first kappa shape index (κ1) is 17.2. The van der Waals surface area contributed by atoms with Crippen molar-refractivity contribution >= 4 is 22.6 Å². The predicted octanol–water partition coefficient (Wildman–Crippen LogP) is 6.45. The van der Waals surface area contributed by atoms with E-state index in [0.29, 0.717) is 0 Å². The summed E-state index contributed by atoms with van der Waals surface area (Å²) in [6, 6.07) is 0. The fraction of sp³-hybridized carbons (Fsp3) is 0.750. The van der Waals surface area contributed by atoms with E-state index in [1.54, 1.807) is 5.57 Å². The topological polar surface area (TPSA) is 0 Å². The van der Waals surface area contributed by atoms with Gasteiger partial charge in [-0.15, -0.1) is 0 Å². The highest BCUT2D eigenvalue weighted by Crippen LogP contribution is 2.11. The van der Waals surface area contributed by atoms with Crippen LogP contribution in [0.2, 0.25) is 0 Å². The van der Waals surface area contributed by atoms with Crippen LogP contribution in [0.3, 0.4) is 0 Å². The molecule has 0 heterocycles. The Morgan fingerprint density at radius 2 is 1.47 bits per heavy atom. The van der Waals surface area contributed by atoms with Gasteiger partial charge in [0.25, 0.3) is 0 Å². The molecule has 0 aromatic heterocycles. The fourth-order valence-electron chi connectivity index (χ4n) is 1.81. The van der Waals surface area contributed by atoms with Gasteiger partial charge in [0.15, 0.2) is 0 Å². The Kier molecular flexibility index (Phi) is 12.8. The molecule has 0 atom stereocenters.